The second-order valence-corrected chi connectivity index (χ2v) is 5.16. The van der Waals surface area contributed by atoms with Gasteiger partial charge in [-0.2, -0.15) is 0 Å². The maximum atomic E-state index is 11.9. The molecule has 0 bridgehead atoms. The Morgan fingerprint density at radius 3 is 2.50 bits per heavy atom. The topological polar surface area (TPSA) is 69.6 Å². The molecule has 1 unspecified atom stereocenters. The fraction of sp³-hybridized carbons (Fsp3) is 0.846. The van der Waals surface area contributed by atoms with E-state index in [-0.39, 0.29) is 6.03 Å². The number of hydrogen-bond acceptors (Lipinski definition) is 2. The average molecular weight is 256 g/mol. The lowest BCUT2D eigenvalue weighted by molar-refractivity contribution is -0.139. The van der Waals surface area contributed by atoms with Gasteiger partial charge in [0.15, 0.2) is 0 Å². The molecular formula is C13H24N2O3. The number of hydrogen-bond donors (Lipinski definition) is 2. The van der Waals surface area contributed by atoms with Gasteiger partial charge in [0.05, 0.1) is 0 Å². The van der Waals surface area contributed by atoms with Crippen LogP contribution in [-0.2, 0) is 4.79 Å². The average Bonchev–Trinajstić information content (AvgIpc) is 2.80. The van der Waals surface area contributed by atoms with Crippen molar-refractivity contribution in [3.8, 4) is 0 Å². The summed E-state index contributed by atoms with van der Waals surface area (Å²) >= 11 is 0. The molecule has 0 aromatic carbocycles. The molecule has 0 radical (unpaired) electrons. The van der Waals surface area contributed by atoms with Crippen molar-refractivity contribution in [2.24, 2.45) is 5.92 Å². The van der Waals surface area contributed by atoms with Crippen molar-refractivity contribution in [1.29, 1.82) is 0 Å². The predicted octanol–water partition coefficient (Wildman–Crippen LogP) is 2.07. The Balaban J connectivity index is 2.39. The first kappa shape index (κ1) is 14.8. The molecule has 0 aromatic rings. The highest BCUT2D eigenvalue weighted by atomic mass is 16.4. The van der Waals surface area contributed by atoms with Crippen LogP contribution >= 0.6 is 0 Å². The van der Waals surface area contributed by atoms with E-state index in [1.165, 1.54) is 25.7 Å². The molecule has 2 amide bonds. The quantitative estimate of drug-likeness (QED) is 0.764. The Bertz CT molecular complexity index is 288. The molecule has 0 aliphatic heterocycles. The zero-order valence-electron chi connectivity index (χ0n) is 11.3. The van der Waals surface area contributed by atoms with E-state index in [0.29, 0.717) is 12.3 Å². The van der Waals surface area contributed by atoms with Crippen LogP contribution in [-0.4, -0.2) is 41.6 Å². The number of carbonyl (C=O) groups excluding carboxylic acids is 1. The van der Waals surface area contributed by atoms with Gasteiger partial charge < -0.3 is 15.3 Å². The number of amides is 2. The van der Waals surface area contributed by atoms with Crippen molar-refractivity contribution >= 4 is 12.0 Å². The van der Waals surface area contributed by atoms with Gasteiger partial charge in [-0.25, -0.2) is 9.59 Å². The molecule has 0 aromatic heterocycles. The van der Waals surface area contributed by atoms with Gasteiger partial charge in [-0.3, -0.25) is 0 Å². The van der Waals surface area contributed by atoms with Crippen LogP contribution in [0.5, 0.6) is 0 Å². The van der Waals surface area contributed by atoms with Gasteiger partial charge in [0.1, 0.15) is 6.04 Å². The van der Waals surface area contributed by atoms with Gasteiger partial charge >= 0.3 is 12.0 Å². The van der Waals surface area contributed by atoms with E-state index < -0.39 is 12.0 Å². The van der Waals surface area contributed by atoms with Gasteiger partial charge in [-0.05, 0) is 25.2 Å². The van der Waals surface area contributed by atoms with Crippen LogP contribution in [0.1, 0.15) is 45.4 Å². The molecule has 1 rings (SSSR count). The van der Waals surface area contributed by atoms with Crippen LogP contribution < -0.4 is 5.32 Å². The Kier molecular flexibility index (Phi) is 5.95. The summed E-state index contributed by atoms with van der Waals surface area (Å²) in [7, 11) is 1.73. The van der Waals surface area contributed by atoms with Crippen LogP contribution in [0.15, 0.2) is 0 Å². The first-order valence-corrected chi connectivity index (χ1v) is 6.79. The first-order valence-electron chi connectivity index (χ1n) is 6.79. The molecule has 1 saturated carbocycles. The molecule has 0 heterocycles. The Morgan fingerprint density at radius 2 is 2.00 bits per heavy atom. The molecule has 1 aliphatic carbocycles. The molecule has 5 heteroatoms. The van der Waals surface area contributed by atoms with E-state index in [9.17, 15) is 9.59 Å². The standard InChI is InChI=1S/C13H24N2O3/c1-3-6-11(12(16)17)14-13(18)15(2)9-10-7-4-5-8-10/h10-11H,3-9H2,1-2H3,(H,14,18)(H,16,17). The minimum Gasteiger partial charge on any atom is -0.480 e. The second kappa shape index (κ2) is 7.24. The monoisotopic (exact) mass is 256 g/mol. The summed E-state index contributed by atoms with van der Waals surface area (Å²) in [6.45, 7) is 2.63. The third-order valence-electron chi connectivity index (χ3n) is 3.53. The van der Waals surface area contributed by atoms with E-state index in [1.807, 2.05) is 6.92 Å². The van der Waals surface area contributed by atoms with E-state index in [4.69, 9.17) is 5.11 Å². The van der Waals surface area contributed by atoms with E-state index in [1.54, 1.807) is 11.9 Å². The number of carboxylic acid groups (broad SMARTS) is 1. The van der Waals surface area contributed by atoms with Gasteiger partial charge in [-0.15, -0.1) is 0 Å². The summed E-state index contributed by atoms with van der Waals surface area (Å²) in [6.07, 6.45) is 6.05. The highest BCUT2D eigenvalue weighted by Gasteiger charge is 2.23. The third kappa shape index (κ3) is 4.55. The number of nitrogens with one attached hydrogen (secondary N) is 1. The van der Waals surface area contributed by atoms with Crippen molar-refractivity contribution in [3.63, 3.8) is 0 Å². The van der Waals surface area contributed by atoms with Gasteiger partial charge in [0, 0.05) is 13.6 Å². The molecule has 5 nitrogen and oxygen atoms in total. The van der Waals surface area contributed by atoms with Crippen LogP contribution in [0.4, 0.5) is 4.79 Å². The normalized spacial score (nSPS) is 17.4. The van der Waals surface area contributed by atoms with Crippen molar-refractivity contribution in [3.05, 3.63) is 0 Å². The van der Waals surface area contributed by atoms with Crippen molar-refractivity contribution < 1.29 is 14.7 Å². The number of nitrogens with zero attached hydrogens (tertiary/aromatic N) is 1. The van der Waals surface area contributed by atoms with Gasteiger partial charge in [-0.1, -0.05) is 26.2 Å². The summed E-state index contributed by atoms with van der Waals surface area (Å²) in [5, 5.41) is 11.6. The maximum Gasteiger partial charge on any atom is 0.326 e. The van der Waals surface area contributed by atoms with E-state index >= 15 is 0 Å². The minimum absolute atomic E-state index is 0.275. The summed E-state index contributed by atoms with van der Waals surface area (Å²) in [5.74, 6) is -0.380. The molecule has 2 N–H and O–H groups in total. The number of carbonyl (C=O) groups is 2. The first-order chi connectivity index (χ1) is 8.54. The highest BCUT2D eigenvalue weighted by molar-refractivity contribution is 5.82. The number of aliphatic carboxylic acids is 1. The molecule has 18 heavy (non-hydrogen) atoms. The summed E-state index contributed by atoms with van der Waals surface area (Å²) in [5.41, 5.74) is 0. The smallest absolute Gasteiger partial charge is 0.326 e. The molecule has 0 saturated heterocycles. The van der Waals surface area contributed by atoms with Crippen LogP contribution in [0.2, 0.25) is 0 Å². The fourth-order valence-corrected chi connectivity index (χ4v) is 2.47. The van der Waals surface area contributed by atoms with Crippen molar-refractivity contribution in [1.82, 2.24) is 10.2 Å². The summed E-state index contributed by atoms with van der Waals surface area (Å²) in [4.78, 5) is 24.4. The van der Waals surface area contributed by atoms with Gasteiger partial charge in [0.25, 0.3) is 0 Å². The molecule has 0 spiro atoms. The lowest BCUT2D eigenvalue weighted by Crippen LogP contribution is -2.47. The van der Waals surface area contributed by atoms with Crippen LogP contribution in [0.25, 0.3) is 0 Å². The van der Waals surface area contributed by atoms with Crippen molar-refractivity contribution in [2.45, 2.75) is 51.5 Å². The molecular weight excluding hydrogens is 232 g/mol. The summed E-state index contributed by atoms with van der Waals surface area (Å²) in [6, 6.07) is -1.05. The highest BCUT2D eigenvalue weighted by Crippen LogP contribution is 2.25. The Hall–Kier alpha value is -1.26. The van der Waals surface area contributed by atoms with Crippen molar-refractivity contribution in [2.75, 3.05) is 13.6 Å². The van der Waals surface area contributed by atoms with E-state index in [2.05, 4.69) is 5.32 Å². The number of carboxylic acids is 1. The second-order valence-electron chi connectivity index (χ2n) is 5.16. The fourth-order valence-electron chi connectivity index (χ4n) is 2.47. The Labute approximate surface area is 109 Å². The SMILES string of the molecule is CCCC(NC(=O)N(C)CC1CCCC1)C(=O)O. The lowest BCUT2D eigenvalue weighted by atomic mass is 10.1. The zero-order valence-corrected chi connectivity index (χ0v) is 11.3. The molecule has 1 fully saturated rings. The predicted molar refractivity (Wildman–Crippen MR) is 69.5 cm³/mol. The van der Waals surface area contributed by atoms with Crippen LogP contribution in [0.3, 0.4) is 0 Å². The minimum atomic E-state index is -0.959. The zero-order chi connectivity index (χ0) is 13.5. The maximum absolute atomic E-state index is 11.9. The van der Waals surface area contributed by atoms with Crippen LogP contribution in [0, 0.1) is 5.92 Å². The van der Waals surface area contributed by atoms with E-state index in [0.717, 1.165) is 13.0 Å². The number of urea groups is 1. The molecule has 1 atom stereocenters. The molecule has 104 valence electrons. The number of rotatable bonds is 6. The molecule has 1 aliphatic rings. The third-order valence-corrected chi connectivity index (χ3v) is 3.53. The Morgan fingerprint density at radius 1 is 1.39 bits per heavy atom. The largest absolute Gasteiger partial charge is 0.480 e. The lowest BCUT2D eigenvalue weighted by Gasteiger charge is -2.23. The van der Waals surface area contributed by atoms with Gasteiger partial charge in [0.2, 0.25) is 0 Å². The summed E-state index contributed by atoms with van der Waals surface area (Å²) < 4.78 is 0.